The molecular formula is C16H12ClN5O3. The Morgan fingerprint density at radius 2 is 1.96 bits per heavy atom. The summed E-state index contributed by atoms with van der Waals surface area (Å²) >= 11 is 5.97. The molecule has 126 valence electrons. The maximum absolute atomic E-state index is 12.5. The molecule has 2 aromatic carbocycles. The summed E-state index contributed by atoms with van der Waals surface area (Å²) < 4.78 is 0. The third-order valence-corrected chi connectivity index (χ3v) is 3.82. The van der Waals surface area contributed by atoms with Crippen LogP contribution in [0.3, 0.4) is 0 Å². The number of anilines is 1. The molecule has 8 nitrogen and oxygen atoms in total. The number of nitrogens with zero attached hydrogens (tertiary/aromatic N) is 5. The van der Waals surface area contributed by atoms with Gasteiger partial charge in [-0.15, -0.1) is 0 Å². The maximum Gasteiger partial charge on any atom is 0.280 e. The van der Waals surface area contributed by atoms with Crippen molar-refractivity contribution in [2.45, 2.75) is 13.0 Å². The van der Waals surface area contributed by atoms with E-state index in [1.165, 1.54) is 23.2 Å². The molecule has 0 aliphatic carbocycles. The van der Waals surface area contributed by atoms with E-state index in [4.69, 9.17) is 11.6 Å². The highest BCUT2D eigenvalue weighted by Crippen LogP contribution is 2.30. The van der Waals surface area contributed by atoms with Crippen LogP contribution in [0.2, 0.25) is 5.02 Å². The third-order valence-electron chi connectivity index (χ3n) is 3.52. The topological polar surface area (TPSA) is 101 Å². The number of carbonyl (C=O) groups is 1. The smallest absolute Gasteiger partial charge is 0.269 e. The Labute approximate surface area is 147 Å². The molecule has 1 atom stereocenters. The first kappa shape index (κ1) is 16.7. The number of para-hydroxylation sites is 1. The second-order valence-corrected chi connectivity index (χ2v) is 5.65. The Bertz CT molecular complexity index is 898. The van der Waals surface area contributed by atoms with Gasteiger partial charge in [-0.3, -0.25) is 14.9 Å². The number of amides is 1. The quantitative estimate of drug-likeness (QED) is 0.467. The average Bonchev–Trinajstić information content (AvgIpc) is 2.89. The number of halogens is 1. The normalized spacial score (nSPS) is 17.2. The van der Waals surface area contributed by atoms with E-state index >= 15 is 0 Å². The lowest BCUT2D eigenvalue weighted by Crippen LogP contribution is -2.29. The van der Waals surface area contributed by atoms with Gasteiger partial charge < -0.3 is 0 Å². The standard InChI is InChI=1S/C16H12ClN5O3/c1-10-15(16(23)21(20-10)11-5-3-2-4-6-11)19-18-14-8-7-12(22(24)25)9-13(14)17/h2-9,15H,1H3/t15-/m0/s1. The van der Waals surface area contributed by atoms with Crippen LogP contribution in [0.1, 0.15) is 6.92 Å². The molecule has 9 heteroatoms. The Morgan fingerprint density at radius 1 is 1.24 bits per heavy atom. The van der Waals surface area contributed by atoms with Crippen LogP contribution in [-0.4, -0.2) is 22.6 Å². The Kier molecular flexibility index (Phi) is 4.53. The van der Waals surface area contributed by atoms with Crippen molar-refractivity contribution in [2.24, 2.45) is 15.3 Å². The molecular weight excluding hydrogens is 346 g/mol. The summed E-state index contributed by atoms with van der Waals surface area (Å²) in [5, 5.41) is 24.3. The number of carbonyl (C=O) groups excluding carboxylic acids is 1. The number of benzene rings is 2. The van der Waals surface area contributed by atoms with E-state index in [0.29, 0.717) is 11.4 Å². The van der Waals surface area contributed by atoms with Gasteiger partial charge in [0.05, 0.1) is 21.3 Å². The first-order valence-electron chi connectivity index (χ1n) is 7.26. The highest BCUT2D eigenvalue weighted by Gasteiger charge is 2.34. The minimum absolute atomic E-state index is 0.0814. The lowest BCUT2D eigenvalue weighted by molar-refractivity contribution is -0.384. The van der Waals surface area contributed by atoms with E-state index in [9.17, 15) is 14.9 Å². The molecule has 1 amide bonds. The molecule has 1 aliphatic rings. The monoisotopic (exact) mass is 357 g/mol. The van der Waals surface area contributed by atoms with Crippen LogP contribution >= 0.6 is 11.6 Å². The molecule has 1 heterocycles. The van der Waals surface area contributed by atoms with Crippen molar-refractivity contribution in [1.29, 1.82) is 0 Å². The Balaban J connectivity index is 1.82. The van der Waals surface area contributed by atoms with Crippen LogP contribution < -0.4 is 5.01 Å². The van der Waals surface area contributed by atoms with Gasteiger partial charge in [0.2, 0.25) is 0 Å². The highest BCUT2D eigenvalue weighted by molar-refractivity contribution is 6.33. The molecule has 0 fully saturated rings. The molecule has 0 saturated carbocycles. The molecule has 0 saturated heterocycles. The molecule has 0 spiro atoms. The summed E-state index contributed by atoms with van der Waals surface area (Å²) in [6.45, 7) is 1.68. The molecule has 0 unspecified atom stereocenters. The summed E-state index contributed by atoms with van der Waals surface area (Å²) in [5.41, 5.74) is 1.23. The number of rotatable bonds is 4. The maximum atomic E-state index is 12.5. The predicted molar refractivity (Wildman–Crippen MR) is 93.4 cm³/mol. The van der Waals surface area contributed by atoms with Gasteiger partial charge in [0.1, 0.15) is 5.69 Å². The lowest BCUT2D eigenvalue weighted by Gasteiger charge is -2.11. The Morgan fingerprint density at radius 3 is 2.60 bits per heavy atom. The second kappa shape index (κ2) is 6.78. The number of hydrazone groups is 1. The van der Waals surface area contributed by atoms with Crippen LogP contribution in [0.5, 0.6) is 0 Å². The van der Waals surface area contributed by atoms with Gasteiger partial charge >= 0.3 is 0 Å². The van der Waals surface area contributed by atoms with E-state index in [1.54, 1.807) is 31.2 Å². The molecule has 0 bridgehead atoms. The summed E-state index contributed by atoms with van der Waals surface area (Å²) in [5.74, 6) is -0.328. The van der Waals surface area contributed by atoms with Crippen molar-refractivity contribution in [1.82, 2.24) is 0 Å². The van der Waals surface area contributed by atoms with Crippen molar-refractivity contribution < 1.29 is 9.72 Å². The summed E-state index contributed by atoms with van der Waals surface area (Å²) in [6.07, 6.45) is 0. The fourth-order valence-corrected chi connectivity index (χ4v) is 2.47. The van der Waals surface area contributed by atoms with Crippen molar-refractivity contribution in [3.8, 4) is 0 Å². The molecule has 1 aliphatic heterocycles. The average molecular weight is 358 g/mol. The van der Waals surface area contributed by atoms with Gasteiger partial charge in [-0.2, -0.15) is 20.3 Å². The van der Waals surface area contributed by atoms with E-state index in [2.05, 4.69) is 15.3 Å². The molecule has 0 aromatic heterocycles. The van der Waals surface area contributed by atoms with E-state index < -0.39 is 11.0 Å². The lowest BCUT2D eigenvalue weighted by atomic mass is 10.2. The number of hydrogen-bond acceptors (Lipinski definition) is 6. The first-order valence-corrected chi connectivity index (χ1v) is 7.64. The van der Waals surface area contributed by atoms with E-state index in [0.717, 1.165) is 0 Å². The van der Waals surface area contributed by atoms with Gasteiger partial charge in [-0.25, -0.2) is 0 Å². The number of azo groups is 1. The predicted octanol–water partition coefficient (Wildman–Crippen LogP) is 4.12. The zero-order valence-corrected chi connectivity index (χ0v) is 13.8. The van der Waals surface area contributed by atoms with Crippen LogP contribution in [0.4, 0.5) is 17.1 Å². The van der Waals surface area contributed by atoms with Gasteiger partial charge in [-0.1, -0.05) is 29.8 Å². The van der Waals surface area contributed by atoms with Gasteiger partial charge in [0.15, 0.2) is 6.04 Å². The number of nitro benzene ring substituents is 1. The summed E-state index contributed by atoms with van der Waals surface area (Å²) in [6, 6.07) is 12.0. The van der Waals surface area contributed by atoms with Gasteiger partial charge in [0.25, 0.3) is 11.6 Å². The second-order valence-electron chi connectivity index (χ2n) is 5.24. The van der Waals surface area contributed by atoms with Crippen LogP contribution in [0, 0.1) is 10.1 Å². The molecule has 3 rings (SSSR count). The molecule has 2 aromatic rings. The van der Waals surface area contributed by atoms with Crippen LogP contribution in [-0.2, 0) is 4.79 Å². The van der Waals surface area contributed by atoms with Crippen molar-refractivity contribution in [2.75, 3.05) is 5.01 Å². The highest BCUT2D eigenvalue weighted by atomic mass is 35.5. The first-order chi connectivity index (χ1) is 12.0. The van der Waals surface area contributed by atoms with Crippen LogP contribution in [0.15, 0.2) is 63.9 Å². The number of hydrogen-bond donors (Lipinski definition) is 0. The SMILES string of the molecule is CC1=NN(c2ccccc2)C(=O)[C@H]1N=Nc1ccc([N+](=O)[O-])cc1Cl. The fourth-order valence-electron chi connectivity index (χ4n) is 2.25. The zero-order chi connectivity index (χ0) is 18.0. The number of nitro groups is 1. The van der Waals surface area contributed by atoms with Crippen molar-refractivity contribution in [3.63, 3.8) is 0 Å². The summed E-state index contributed by atoms with van der Waals surface area (Å²) in [7, 11) is 0. The van der Waals surface area contributed by atoms with Gasteiger partial charge in [-0.05, 0) is 25.1 Å². The third kappa shape index (κ3) is 3.38. The molecule has 0 radical (unpaired) electrons. The number of non-ortho nitro benzene ring substituents is 1. The summed E-state index contributed by atoms with van der Waals surface area (Å²) in [4.78, 5) is 22.7. The van der Waals surface area contributed by atoms with Crippen LogP contribution in [0.25, 0.3) is 0 Å². The van der Waals surface area contributed by atoms with E-state index in [-0.39, 0.29) is 22.3 Å². The van der Waals surface area contributed by atoms with Crippen molar-refractivity contribution in [3.05, 3.63) is 63.7 Å². The molecule has 25 heavy (non-hydrogen) atoms. The minimum Gasteiger partial charge on any atom is -0.269 e. The van der Waals surface area contributed by atoms with Gasteiger partial charge in [0, 0.05) is 12.1 Å². The molecule has 0 N–H and O–H groups in total. The fraction of sp³-hybridized carbons (Fsp3) is 0.125. The zero-order valence-electron chi connectivity index (χ0n) is 13.0. The largest absolute Gasteiger partial charge is 0.280 e. The van der Waals surface area contributed by atoms with Crippen molar-refractivity contribution >= 4 is 40.3 Å². The van der Waals surface area contributed by atoms with E-state index in [1.807, 2.05) is 6.07 Å². The minimum atomic E-state index is -0.855. The Hall–Kier alpha value is -3.13.